The number of nitrogens with two attached hydrogens (primary N) is 1. The first-order valence-corrected chi connectivity index (χ1v) is 14.1. The van der Waals surface area contributed by atoms with E-state index in [0.717, 1.165) is 83.4 Å². The van der Waals surface area contributed by atoms with Crippen molar-refractivity contribution in [2.75, 3.05) is 13.1 Å². The lowest BCUT2D eigenvalue weighted by Crippen LogP contribution is -2.55. The van der Waals surface area contributed by atoms with E-state index in [2.05, 4.69) is 86.6 Å². The van der Waals surface area contributed by atoms with Gasteiger partial charge in [0.05, 0.1) is 17.1 Å². The average molecular weight is 515 g/mol. The summed E-state index contributed by atoms with van der Waals surface area (Å²) in [5.74, 6) is 0. The molecule has 0 spiro atoms. The Morgan fingerprint density at radius 2 is 1.59 bits per heavy atom. The van der Waals surface area contributed by atoms with Gasteiger partial charge >= 0.3 is 0 Å². The van der Waals surface area contributed by atoms with Crippen molar-refractivity contribution in [2.45, 2.75) is 51.1 Å². The average Bonchev–Trinajstić information content (AvgIpc) is 3.63. The number of likely N-dealkylation sites (tertiary alicyclic amines) is 1. The second-order valence-corrected chi connectivity index (χ2v) is 11.2. The van der Waals surface area contributed by atoms with Crippen molar-refractivity contribution >= 4 is 11.0 Å². The number of pyridine rings is 1. The SMILES string of the molecule is Cc1cccnc1-c1ccc(-c2c[nH]c3nnc(-c4ccc5c(c4)CC[C@@](N)(N4CCCC4)CC5)cc23)cc1. The van der Waals surface area contributed by atoms with E-state index in [1.165, 1.54) is 29.5 Å². The summed E-state index contributed by atoms with van der Waals surface area (Å²) < 4.78 is 0. The van der Waals surface area contributed by atoms with Gasteiger partial charge in [-0.25, -0.2) is 0 Å². The summed E-state index contributed by atoms with van der Waals surface area (Å²) in [5.41, 5.74) is 18.0. The van der Waals surface area contributed by atoms with E-state index in [0.29, 0.717) is 0 Å². The minimum atomic E-state index is -0.181. The Hall–Kier alpha value is -3.87. The van der Waals surface area contributed by atoms with Crippen LogP contribution in [0.5, 0.6) is 0 Å². The lowest BCUT2D eigenvalue weighted by atomic mass is 9.97. The van der Waals surface area contributed by atoms with Crippen LogP contribution in [0.25, 0.3) is 44.7 Å². The van der Waals surface area contributed by atoms with Crippen LogP contribution in [0.1, 0.15) is 42.4 Å². The predicted molar refractivity (Wildman–Crippen MR) is 157 cm³/mol. The second-order valence-electron chi connectivity index (χ2n) is 11.2. The Balaban J connectivity index is 1.18. The fourth-order valence-corrected chi connectivity index (χ4v) is 6.47. The topological polar surface area (TPSA) is 83.7 Å². The van der Waals surface area contributed by atoms with Crippen molar-refractivity contribution in [3.8, 4) is 33.6 Å². The molecule has 0 unspecified atom stereocenters. The van der Waals surface area contributed by atoms with Crippen LogP contribution in [0.3, 0.4) is 0 Å². The van der Waals surface area contributed by atoms with Gasteiger partial charge in [0.1, 0.15) is 0 Å². The number of nitrogens with one attached hydrogen (secondary N) is 1. The molecule has 39 heavy (non-hydrogen) atoms. The number of H-pyrrole nitrogens is 1. The summed E-state index contributed by atoms with van der Waals surface area (Å²) >= 11 is 0. The van der Waals surface area contributed by atoms with E-state index in [1.807, 2.05) is 18.5 Å². The van der Waals surface area contributed by atoms with Crippen LogP contribution in [0.2, 0.25) is 0 Å². The Morgan fingerprint density at radius 3 is 2.38 bits per heavy atom. The molecule has 0 saturated carbocycles. The summed E-state index contributed by atoms with van der Waals surface area (Å²) in [6, 6.07) is 21.6. The summed E-state index contributed by atoms with van der Waals surface area (Å²) in [7, 11) is 0. The van der Waals surface area contributed by atoms with E-state index in [1.54, 1.807) is 0 Å². The molecule has 1 atom stereocenters. The quantitative estimate of drug-likeness (QED) is 0.275. The highest BCUT2D eigenvalue weighted by Gasteiger charge is 2.35. The van der Waals surface area contributed by atoms with Gasteiger partial charge in [-0.3, -0.25) is 9.88 Å². The van der Waals surface area contributed by atoms with Crippen LogP contribution in [-0.2, 0) is 12.8 Å². The first-order chi connectivity index (χ1) is 19.1. The summed E-state index contributed by atoms with van der Waals surface area (Å²) in [6.07, 6.45) is 10.5. The highest BCUT2D eigenvalue weighted by atomic mass is 15.3. The van der Waals surface area contributed by atoms with Crippen LogP contribution in [-0.4, -0.2) is 43.8 Å². The number of hydrogen-bond donors (Lipinski definition) is 2. The van der Waals surface area contributed by atoms with Crippen molar-refractivity contribution in [3.63, 3.8) is 0 Å². The molecule has 196 valence electrons. The fraction of sp³-hybridized carbons (Fsp3) is 0.303. The van der Waals surface area contributed by atoms with Gasteiger partial charge in [-0.1, -0.05) is 42.5 Å². The first kappa shape index (κ1) is 24.2. The molecule has 6 nitrogen and oxygen atoms in total. The molecule has 2 aliphatic rings. The fourth-order valence-electron chi connectivity index (χ4n) is 6.47. The van der Waals surface area contributed by atoms with Gasteiger partial charge in [-0.05, 0) is 99.0 Å². The summed E-state index contributed by atoms with van der Waals surface area (Å²) in [4.78, 5) is 10.4. The zero-order chi connectivity index (χ0) is 26.4. The molecule has 5 aromatic rings. The van der Waals surface area contributed by atoms with Crippen molar-refractivity contribution < 1.29 is 0 Å². The standard InChI is InChI=1S/C33H34N6/c1-22-5-4-16-35-31(22)25-9-7-24(8-10-25)29-21-36-32-28(29)20-30(37-38-32)27-11-6-23-12-14-33(34,15-13-26(23)19-27)39-17-2-3-18-39/h4-11,16,19-21H,2-3,12-15,17-18,34H2,1H3,(H,36,38)/t33-/m0/s1. The molecule has 1 aliphatic carbocycles. The number of fused-ring (bicyclic) bond motifs is 2. The molecule has 2 aromatic carbocycles. The Morgan fingerprint density at radius 1 is 0.846 bits per heavy atom. The number of aryl methyl sites for hydroxylation is 3. The van der Waals surface area contributed by atoms with E-state index < -0.39 is 0 Å². The number of hydrogen-bond acceptors (Lipinski definition) is 5. The van der Waals surface area contributed by atoms with E-state index in [9.17, 15) is 0 Å². The third-order valence-corrected chi connectivity index (χ3v) is 8.81. The van der Waals surface area contributed by atoms with Crippen molar-refractivity contribution in [1.82, 2.24) is 25.1 Å². The maximum atomic E-state index is 6.96. The molecular formula is C33H34N6. The minimum absolute atomic E-state index is 0.181. The van der Waals surface area contributed by atoms with Gasteiger partial charge in [-0.2, -0.15) is 0 Å². The van der Waals surface area contributed by atoms with Crippen LogP contribution >= 0.6 is 0 Å². The van der Waals surface area contributed by atoms with Crippen molar-refractivity contribution in [2.24, 2.45) is 5.73 Å². The van der Waals surface area contributed by atoms with Gasteiger partial charge in [0.2, 0.25) is 0 Å². The molecular weight excluding hydrogens is 480 g/mol. The maximum Gasteiger partial charge on any atom is 0.160 e. The molecule has 3 N–H and O–H groups in total. The molecule has 4 heterocycles. The van der Waals surface area contributed by atoms with Gasteiger partial charge in [-0.15, -0.1) is 10.2 Å². The third kappa shape index (κ3) is 4.44. The molecule has 0 radical (unpaired) electrons. The smallest absolute Gasteiger partial charge is 0.160 e. The molecule has 1 aliphatic heterocycles. The maximum absolute atomic E-state index is 6.96. The zero-order valence-corrected chi connectivity index (χ0v) is 22.5. The summed E-state index contributed by atoms with van der Waals surface area (Å²) in [5, 5.41) is 10.2. The number of benzene rings is 2. The number of nitrogens with zero attached hydrogens (tertiary/aromatic N) is 4. The minimum Gasteiger partial charge on any atom is -0.344 e. The molecule has 0 bridgehead atoms. The molecule has 1 fully saturated rings. The molecule has 0 amide bonds. The van der Waals surface area contributed by atoms with Crippen LogP contribution in [0.15, 0.2) is 73.1 Å². The zero-order valence-electron chi connectivity index (χ0n) is 22.5. The predicted octanol–water partition coefficient (Wildman–Crippen LogP) is 6.29. The number of aromatic amines is 1. The third-order valence-electron chi connectivity index (χ3n) is 8.81. The molecule has 3 aromatic heterocycles. The Bertz CT molecular complexity index is 1650. The van der Waals surface area contributed by atoms with Gasteiger partial charge in [0.25, 0.3) is 0 Å². The lowest BCUT2D eigenvalue weighted by Gasteiger charge is -2.38. The monoisotopic (exact) mass is 514 g/mol. The highest BCUT2D eigenvalue weighted by Crippen LogP contribution is 2.35. The lowest BCUT2D eigenvalue weighted by molar-refractivity contribution is 0.105. The van der Waals surface area contributed by atoms with Crippen LogP contribution in [0.4, 0.5) is 0 Å². The van der Waals surface area contributed by atoms with E-state index >= 15 is 0 Å². The van der Waals surface area contributed by atoms with Gasteiger partial charge in [0, 0.05) is 34.5 Å². The Labute approximate surface area is 229 Å². The summed E-state index contributed by atoms with van der Waals surface area (Å²) in [6.45, 7) is 4.37. The largest absolute Gasteiger partial charge is 0.344 e. The highest BCUT2D eigenvalue weighted by molar-refractivity contribution is 5.95. The normalized spacial score (nSPS) is 19.7. The number of aromatic nitrogens is 4. The van der Waals surface area contributed by atoms with Crippen LogP contribution < -0.4 is 5.73 Å². The van der Waals surface area contributed by atoms with Crippen LogP contribution in [0, 0.1) is 6.92 Å². The van der Waals surface area contributed by atoms with Gasteiger partial charge < -0.3 is 10.7 Å². The molecule has 1 saturated heterocycles. The van der Waals surface area contributed by atoms with E-state index in [-0.39, 0.29) is 5.66 Å². The first-order valence-electron chi connectivity index (χ1n) is 14.1. The van der Waals surface area contributed by atoms with E-state index in [4.69, 9.17) is 5.73 Å². The molecule has 6 heteroatoms. The molecule has 7 rings (SSSR count). The second kappa shape index (κ2) is 9.70. The van der Waals surface area contributed by atoms with Gasteiger partial charge in [0.15, 0.2) is 5.65 Å². The number of rotatable bonds is 4. The van der Waals surface area contributed by atoms with Crippen molar-refractivity contribution in [3.05, 3.63) is 89.7 Å². The van der Waals surface area contributed by atoms with Crippen molar-refractivity contribution in [1.29, 1.82) is 0 Å². The Kier molecular flexibility index (Phi) is 6.02.